The lowest BCUT2D eigenvalue weighted by atomic mass is 10.2. The first-order valence-corrected chi connectivity index (χ1v) is 10.8. The van der Waals surface area contributed by atoms with Crippen LogP contribution in [0.15, 0.2) is 60.7 Å². The molecule has 0 aliphatic heterocycles. The van der Waals surface area contributed by atoms with Gasteiger partial charge in [0, 0.05) is 6.61 Å². The zero-order chi connectivity index (χ0) is 17.3. The van der Waals surface area contributed by atoms with E-state index in [2.05, 4.69) is 81.4 Å². The van der Waals surface area contributed by atoms with Crippen LogP contribution in [0.5, 0.6) is 0 Å². The van der Waals surface area contributed by atoms with E-state index in [-0.39, 0.29) is 5.04 Å². The Kier molecular flexibility index (Phi) is 4.69. The van der Waals surface area contributed by atoms with Crippen molar-refractivity contribution in [2.75, 3.05) is 6.61 Å². The highest BCUT2D eigenvalue weighted by Crippen LogP contribution is 2.40. The zero-order valence-electron chi connectivity index (χ0n) is 15.0. The van der Waals surface area contributed by atoms with Crippen LogP contribution in [0.1, 0.15) is 40.0 Å². The lowest BCUT2D eigenvalue weighted by Gasteiger charge is -2.43. The summed E-state index contributed by atoms with van der Waals surface area (Å²) in [6, 6.07) is 21.3. The monoisotopic (exact) mass is 340 g/mol. The van der Waals surface area contributed by atoms with Crippen LogP contribution in [0.25, 0.3) is 0 Å². The van der Waals surface area contributed by atoms with E-state index in [0.29, 0.717) is 6.61 Å². The van der Waals surface area contributed by atoms with Crippen LogP contribution in [0, 0.1) is 0 Å². The second-order valence-electron chi connectivity index (χ2n) is 7.99. The summed E-state index contributed by atoms with van der Waals surface area (Å²) in [7, 11) is -2.43. The molecular formula is C21H28O2Si. The van der Waals surface area contributed by atoms with Gasteiger partial charge in [0.25, 0.3) is 8.32 Å². The average Bonchev–Trinajstić information content (AvgIpc) is 3.30. The van der Waals surface area contributed by atoms with Gasteiger partial charge in [0.15, 0.2) is 0 Å². The summed E-state index contributed by atoms with van der Waals surface area (Å²) in [5.41, 5.74) is -0.467. The van der Waals surface area contributed by atoms with E-state index in [0.717, 1.165) is 19.3 Å². The highest BCUT2D eigenvalue weighted by Gasteiger charge is 2.50. The van der Waals surface area contributed by atoms with Gasteiger partial charge in [-0.2, -0.15) is 0 Å². The van der Waals surface area contributed by atoms with Gasteiger partial charge in [0.1, 0.15) is 0 Å². The second kappa shape index (κ2) is 6.47. The fourth-order valence-electron chi connectivity index (χ4n) is 3.55. The van der Waals surface area contributed by atoms with E-state index in [1.807, 2.05) is 0 Å². The van der Waals surface area contributed by atoms with Gasteiger partial charge in [-0.25, -0.2) is 0 Å². The Hall–Kier alpha value is -1.42. The first-order chi connectivity index (χ1) is 11.4. The number of benzene rings is 2. The average molecular weight is 341 g/mol. The van der Waals surface area contributed by atoms with Gasteiger partial charge in [-0.15, -0.1) is 0 Å². The summed E-state index contributed by atoms with van der Waals surface area (Å²) in [5.74, 6) is 0. The van der Waals surface area contributed by atoms with Crippen molar-refractivity contribution in [1.82, 2.24) is 0 Å². The minimum Gasteiger partial charge on any atom is -0.407 e. The highest BCUT2D eigenvalue weighted by molar-refractivity contribution is 6.99. The normalized spacial score (nSPS) is 16.8. The summed E-state index contributed by atoms with van der Waals surface area (Å²) >= 11 is 0. The molecule has 1 aliphatic carbocycles. The maximum Gasteiger partial charge on any atom is 0.261 e. The van der Waals surface area contributed by atoms with Crippen molar-refractivity contribution in [3.63, 3.8) is 0 Å². The molecule has 24 heavy (non-hydrogen) atoms. The van der Waals surface area contributed by atoms with E-state index >= 15 is 0 Å². The van der Waals surface area contributed by atoms with Crippen LogP contribution < -0.4 is 10.4 Å². The predicted octanol–water partition coefficient (Wildman–Crippen LogP) is 3.48. The number of hydrogen-bond acceptors (Lipinski definition) is 2. The van der Waals surface area contributed by atoms with Gasteiger partial charge < -0.3 is 9.53 Å². The van der Waals surface area contributed by atoms with Gasteiger partial charge >= 0.3 is 0 Å². The molecule has 2 nitrogen and oxygen atoms in total. The summed E-state index contributed by atoms with van der Waals surface area (Å²) < 4.78 is 6.76. The van der Waals surface area contributed by atoms with Crippen LogP contribution >= 0.6 is 0 Å². The minimum atomic E-state index is -2.43. The van der Waals surface area contributed by atoms with E-state index in [1.165, 1.54) is 10.4 Å². The zero-order valence-corrected chi connectivity index (χ0v) is 16.0. The molecule has 1 fully saturated rings. The van der Waals surface area contributed by atoms with Crippen molar-refractivity contribution in [2.45, 2.75) is 50.7 Å². The summed E-state index contributed by atoms with van der Waals surface area (Å²) in [6.45, 7) is 7.46. The Morgan fingerprint density at radius 3 is 1.75 bits per heavy atom. The topological polar surface area (TPSA) is 29.5 Å². The highest BCUT2D eigenvalue weighted by atomic mass is 28.4. The quantitative estimate of drug-likeness (QED) is 0.816. The predicted molar refractivity (Wildman–Crippen MR) is 102 cm³/mol. The summed E-state index contributed by atoms with van der Waals surface area (Å²) in [5, 5.41) is 12.8. The van der Waals surface area contributed by atoms with Gasteiger partial charge in [-0.1, -0.05) is 81.4 Å². The largest absolute Gasteiger partial charge is 0.407 e. The van der Waals surface area contributed by atoms with Gasteiger partial charge in [-0.05, 0) is 34.7 Å². The molecular weight excluding hydrogens is 312 g/mol. The molecule has 2 aromatic rings. The third-order valence-corrected chi connectivity index (χ3v) is 10.2. The molecule has 3 heteroatoms. The minimum absolute atomic E-state index is 0.00186. The van der Waals surface area contributed by atoms with Crippen molar-refractivity contribution >= 4 is 18.7 Å². The van der Waals surface area contributed by atoms with Crippen molar-refractivity contribution in [2.24, 2.45) is 0 Å². The van der Waals surface area contributed by atoms with Crippen LogP contribution in [-0.2, 0) is 4.43 Å². The molecule has 0 radical (unpaired) electrons. The third kappa shape index (κ3) is 3.34. The van der Waals surface area contributed by atoms with Crippen molar-refractivity contribution < 1.29 is 9.53 Å². The number of rotatable bonds is 6. The molecule has 0 atom stereocenters. The molecule has 1 aliphatic rings. The Labute approximate surface area is 146 Å². The van der Waals surface area contributed by atoms with Crippen molar-refractivity contribution in [1.29, 1.82) is 0 Å². The fraction of sp³-hybridized carbons (Fsp3) is 0.429. The molecule has 0 amide bonds. The van der Waals surface area contributed by atoms with E-state index in [1.54, 1.807) is 0 Å². The second-order valence-corrected chi connectivity index (χ2v) is 12.3. The Bertz CT molecular complexity index is 618. The van der Waals surface area contributed by atoms with Crippen LogP contribution in [0.2, 0.25) is 5.04 Å². The number of aliphatic hydroxyl groups is 1. The first-order valence-electron chi connectivity index (χ1n) is 8.85. The van der Waals surface area contributed by atoms with Gasteiger partial charge in [0.05, 0.1) is 5.60 Å². The SMILES string of the molecule is CC(C)(C)[Si](OCCC1(O)CC1)(c1ccccc1)c1ccccc1. The maximum atomic E-state index is 10.2. The Morgan fingerprint density at radius 1 is 0.917 bits per heavy atom. The first kappa shape index (κ1) is 17.4. The smallest absolute Gasteiger partial charge is 0.261 e. The molecule has 0 unspecified atom stereocenters. The standard InChI is InChI=1S/C21H28O2Si/c1-20(2,3)24(18-10-6-4-7-11-18,19-12-8-5-9-13-19)23-17-16-21(22)14-15-21/h4-13,22H,14-17H2,1-3H3. The van der Waals surface area contributed by atoms with Crippen LogP contribution in [0.3, 0.4) is 0 Å². The van der Waals surface area contributed by atoms with Crippen LogP contribution in [-0.4, -0.2) is 25.6 Å². The lowest BCUT2D eigenvalue weighted by molar-refractivity contribution is 0.115. The lowest BCUT2D eigenvalue weighted by Crippen LogP contribution is -2.66. The van der Waals surface area contributed by atoms with E-state index in [9.17, 15) is 5.11 Å². The molecule has 0 spiro atoms. The molecule has 0 heterocycles. The molecule has 3 rings (SSSR count). The molecule has 1 N–H and O–H groups in total. The third-order valence-electron chi connectivity index (χ3n) is 5.13. The fourth-order valence-corrected chi connectivity index (χ4v) is 8.11. The molecule has 2 aromatic carbocycles. The summed E-state index contributed by atoms with van der Waals surface area (Å²) in [6.07, 6.45) is 2.56. The van der Waals surface area contributed by atoms with E-state index in [4.69, 9.17) is 4.43 Å². The number of hydrogen-bond donors (Lipinski definition) is 1. The molecule has 0 saturated heterocycles. The Balaban J connectivity index is 2.03. The van der Waals surface area contributed by atoms with Crippen molar-refractivity contribution in [3.8, 4) is 0 Å². The van der Waals surface area contributed by atoms with E-state index < -0.39 is 13.9 Å². The molecule has 0 bridgehead atoms. The summed E-state index contributed by atoms with van der Waals surface area (Å²) in [4.78, 5) is 0. The maximum absolute atomic E-state index is 10.2. The van der Waals surface area contributed by atoms with Gasteiger partial charge in [-0.3, -0.25) is 0 Å². The van der Waals surface area contributed by atoms with Crippen molar-refractivity contribution in [3.05, 3.63) is 60.7 Å². The Morgan fingerprint density at radius 2 is 1.38 bits per heavy atom. The molecule has 1 saturated carbocycles. The molecule has 128 valence electrons. The van der Waals surface area contributed by atoms with Gasteiger partial charge in [0.2, 0.25) is 0 Å². The molecule has 0 aromatic heterocycles. The van der Waals surface area contributed by atoms with Crippen LogP contribution in [0.4, 0.5) is 0 Å².